The van der Waals surface area contributed by atoms with Crippen LogP contribution in [-0.4, -0.2) is 30.9 Å². The second-order valence-corrected chi connectivity index (χ2v) is 6.37. The molecule has 0 fully saturated rings. The van der Waals surface area contributed by atoms with Gasteiger partial charge in [0.05, 0.1) is 29.9 Å². The zero-order valence-corrected chi connectivity index (χ0v) is 14.5. The van der Waals surface area contributed by atoms with E-state index in [4.69, 9.17) is 9.72 Å². The van der Waals surface area contributed by atoms with Crippen LogP contribution in [0.2, 0.25) is 0 Å². The number of hydrogen-bond donors (Lipinski definition) is 0. The monoisotopic (exact) mass is 373 g/mol. The number of fused-ring (bicyclic) bond motifs is 5. The Bertz CT molecular complexity index is 883. The molecule has 0 unspecified atom stereocenters. The minimum atomic E-state index is 0.429. The second kappa shape index (κ2) is 5.58. The largest absolute Gasteiger partial charge is 0.374 e. The summed E-state index contributed by atoms with van der Waals surface area (Å²) < 4.78 is 10.5. The molecule has 0 N–H and O–H groups in total. The molecule has 0 atom stereocenters. The van der Waals surface area contributed by atoms with Crippen LogP contribution in [0, 0.1) is 6.92 Å². The van der Waals surface area contributed by atoms with Gasteiger partial charge in [-0.15, -0.1) is 0 Å². The van der Waals surface area contributed by atoms with Crippen LogP contribution in [-0.2, 0) is 17.9 Å². The topological polar surface area (TPSA) is 57.8 Å². The summed E-state index contributed by atoms with van der Waals surface area (Å²) in [6.07, 6.45) is 1.87. The maximum Gasteiger partial charge on any atom is 0.176 e. The Morgan fingerprint density at radius 3 is 3.04 bits per heavy atom. The summed E-state index contributed by atoms with van der Waals surface area (Å²) in [5.74, 6) is 1.57. The fourth-order valence-corrected chi connectivity index (χ4v) is 3.21. The normalized spacial score (nSPS) is 12.5. The summed E-state index contributed by atoms with van der Waals surface area (Å²) in [7, 11) is 0. The molecule has 3 heterocycles. The van der Waals surface area contributed by atoms with Crippen molar-refractivity contribution < 1.29 is 4.74 Å². The van der Waals surface area contributed by atoms with Crippen molar-refractivity contribution in [2.45, 2.75) is 27.0 Å². The number of aromatic nitrogens is 5. The maximum atomic E-state index is 5.45. The van der Waals surface area contributed by atoms with Gasteiger partial charge in [-0.2, -0.15) is 5.10 Å². The van der Waals surface area contributed by atoms with Gasteiger partial charge in [-0.25, -0.2) is 14.6 Å². The van der Waals surface area contributed by atoms with Crippen molar-refractivity contribution >= 4 is 15.9 Å². The average Bonchev–Trinajstić information content (AvgIpc) is 3.07. The zero-order valence-electron chi connectivity index (χ0n) is 13.0. The lowest BCUT2D eigenvalue weighted by molar-refractivity contribution is 0.128. The van der Waals surface area contributed by atoms with Gasteiger partial charge in [-0.3, -0.25) is 0 Å². The van der Waals surface area contributed by atoms with Crippen molar-refractivity contribution in [3.05, 3.63) is 46.2 Å². The van der Waals surface area contributed by atoms with Gasteiger partial charge in [0.15, 0.2) is 11.6 Å². The number of imidazole rings is 1. The van der Waals surface area contributed by atoms with Gasteiger partial charge in [0.2, 0.25) is 0 Å². The molecule has 7 heteroatoms. The van der Waals surface area contributed by atoms with Gasteiger partial charge in [-0.1, -0.05) is 15.9 Å². The zero-order chi connectivity index (χ0) is 16.0. The van der Waals surface area contributed by atoms with Crippen LogP contribution in [0.4, 0.5) is 0 Å². The molecule has 4 rings (SSSR count). The molecule has 0 amide bonds. The van der Waals surface area contributed by atoms with Crippen LogP contribution in [0.1, 0.15) is 24.1 Å². The van der Waals surface area contributed by atoms with Crippen molar-refractivity contribution in [2.24, 2.45) is 0 Å². The van der Waals surface area contributed by atoms with Crippen LogP contribution >= 0.6 is 15.9 Å². The molecule has 2 aromatic heterocycles. The highest BCUT2D eigenvalue weighted by molar-refractivity contribution is 9.10. The standard InChI is InChI=1S/C16H16BrN5O/c1-3-23-8-15-19-16-12-6-11(17)4-5-13(12)21-9-18-10(2)14(21)7-22(16)20-15/h4-6,9H,3,7-8H2,1-2H3. The van der Waals surface area contributed by atoms with Crippen molar-refractivity contribution in [3.63, 3.8) is 0 Å². The Kier molecular flexibility index (Phi) is 3.54. The van der Waals surface area contributed by atoms with E-state index in [1.54, 1.807) is 0 Å². The molecule has 0 radical (unpaired) electrons. The molecule has 0 saturated carbocycles. The minimum absolute atomic E-state index is 0.429. The first kappa shape index (κ1) is 14.6. The molecular formula is C16H16BrN5O. The van der Waals surface area contributed by atoms with E-state index in [1.165, 1.54) is 0 Å². The summed E-state index contributed by atoms with van der Waals surface area (Å²) in [6.45, 7) is 5.71. The Balaban J connectivity index is 1.93. The molecular weight excluding hydrogens is 358 g/mol. The third kappa shape index (κ3) is 2.40. The van der Waals surface area contributed by atoms with Gasteiger partial charge in [-0.05, 0) is 32.0 Å². The van der Waals surface area contributed by atoms with Gasteiger partial charge < -0.3 is 9.30 Å². The summed E-state index contributed by atoms with van der Waals surface area (Å²) in [4.78, 5) is 9.15. The van der Waals surface area contributed by atoms with Crippen molar-refractivity contribution in [3.8, 4) is 17.1 Å². The lowest BCUT2D eigenvalue weighted by Gasteiger charge is -2.08. The molecule has 1 aromatic carbocycles. The number of rotatable bonds is 3. The molecule has 23 heavy (non-hydrogen) atoms. The number of halogens is 1. The number of benzene rings is 1. The highest BCUT2D eigenvalue weighted by Crippen LogP contribution is 2.33. The number of hydrogen-bond acceptors (Lipinski definition) is 4. The minimum Gasteiger partial charge on any atom is -0.374 e. The quantitative estimate of drug-likeness (QED) is 0.553. The predicted molar refractivity (Wildman–Crippen MR) is 89.4 cm³/mol. The highest BCUT2D eigenvalue weighted by atomic mass is 79.9. The third-order valence-corrected chi connectivity index (χ3v) is 4.48. The van der Waals surface area contributed by atoms with Crippen LogP contribution in [0.3, 0.4) is 0 Å². The number of nitrogens with zero attached hydrogens (tertiary/aromatic N) is 5. The Labute approximate surface area is 142 Å². The van der Waals surface area contributed by atoms with E-state index in [-0.39, 0.29) is 0 Å². The smallest absolute Gasteiger partial charge is 0.176 e. The van der Waals surface area contributed by atoms with Gasteiger partial charge in [0.1, 0.15) is 6.61 Å². The van der Waals surface area contributed by atoms with E-state index in [0.29, 0.717) is 25.6 Å². The number of ether oxygens (including phenoxy) is 1. The van der Waals surface area contributed by atoms with E-state index in [2.05, 4.69) is 42.7 Å². The highest BCUT2D eigenvalue weighted by Gasteiger charge is 2.24. The summed E-state index contributed by atoms with van der Waals surface area (Å²) in [5, 5.41) is 4.62. The van der Waals surface area contributed by atoms with Gasteiger partial charge in [0, 0.05) is 16.6 Å². The first-order valence-electron chi connectivity index (χ1n) is 7.52. The fraction of sp³-hybridized carbons (Fsp3) is 0.312. The summed E-state index contributed by atoms with van der Waals surface area (Å²) in [5.41, 5.74) is 4.23. The van der Waals surface area contributed by atoms with Crippen LogP contribution in [0.5, 0.6) is 0 Å². The average molecular weight is 374 g/mol. The van der Waals surface area contributed by atoms with Crippen LogP contribution in [0.25, 0.3) is 17.1 Å². The second-order valence-electron chi connectivity index (χ2n) is 5.45. The molecule has 118 valence electrons. The molecule has 1 aliphatic rings. The molecule has 0 saturated heterocycles. The van der Waals surface area contributed by atoms with Crippen LogP contribution < -0.4 is 0 Å². The molecule has 0 spiro atoms. The lowest BCUT2D eigenvalue weighted by atomic mass is 10.1. The molecule has 6 nitrogen and oxygen atoms in total. The van der Waals surface area contributed by atoms with E-state index < -0.39 is 0 Å². The first-order chi connectivity index (χ1) is 11.2. The van der Waals surface area contributed by atoms with Crippen molar-refractivity contribution in [1.82, 2.24) is 24.3 Å². The van der Waals surface area contributed by atoms with Gasteiger partial charge >= 0.3 is 0 Å². The van der Waals surface area contributed by atoms with Gasteiger partial charge in [0.25, 0.3) is 0 Å². The van der Waals surface area contributed by atoms with E-state index in [0.717, 1.165) is 32.9 Å². The third-order valence-electron chi connectivity index (χ3n) is 3.98. The Morgan fingerprint density at radius 2 is 2.22 bits per heavy atom. The fourth-order valence-electron chi connectivity index (χ4n) is 2.85. The van der Waals surface area contributed by atoms with Crippen molar-refractivity contribution in [2.75, 3.05) is 6.61 Å². The first-order valence-corrected chi connectivity index (χ1v) is 8.31. The van der Waals surface area contributed by atoms with Crippen LogP contribution in [0.15, 0.2) is 29.0 Å². The van der Waals surface area contributed by atoms with Crippen molar-refractivity contribution in [1.29, 1.82) is 0 Å². The van der Waals surface area contributed by atoms with E-state index >= 15 is 0 Å². The Hall–Kier alpha value is -1.99. The predicted octanol–water partition coefficient (Wildman–Crippen LogP) is 3.10. The number of aryl methyl sites for hydroxylation is 1. The maximum absolute atomic E-state index is 5.45. The molecule has 1 aliphatic heterocycles. The SMILES string of the molecule is CCOCc1nc2n(n1)Cc1c(C)ncn1-c1ccc(Br)cc1-2. The summed E-state index contributed by atoms with van der Waals surface area (Å²) in [6, 6.07) is 6.19. The molecule has 0 bridgehead atoms. The molecule has 3 aromatic rings. The lowest BCUT2D eigenvalue weighted by Crippen LogP contribution is -2.06. The Morgan fingerprint density at radius 1 is 1.35 bits per heavy atom. The molecule has 0 aliphatic carbocycles. The summed E-state index contributed by atoms with van der Waals surface area (Å²) >= 11 is 3.55. The van der Waals surface area contributed by atoms with E-state index in [9.17, 15) is 0 Å². The van der Waals surface area contributed by atoms with E-state index in [1.807, 2.05) is 30.9 Å².